The maximum Gasteiger partial charge on any atom is 0.694 e. The highest BCUT2D eigenvalue weighted by Crippen LogP contribution is 2.22. The van der Waals surface area contributed by atoms with Crippen LogP contribution in [0.15, 0.2) is 54.6 Å². The number of benzene rings is 2. The zero-order chi connectivity index (χ0) is 15.9. The molecule has 0 bridgehead atoms. The van der Waals surface area contributed by atoms with Crippen molar-refractivity contribution >= 4 is 25.8 Å². The van der Waals surface area contributed by atoms with Gasteiger partial charge in [0.25, 0.3) is 5.91 Å². The van der Waals surface area contributed by atoms with Gasteiger partial charge in [0.1, 0.15) is 6.61 Å². The van der Waals surface area contributed by atoms with Crippen molar-refractivity contribution in [2.45, 2.75) is 6.04 Å². The van der Waals surface area contributed by atoms with E-state index in [4.69, 9.17) is 21.0 Å². The van der Waals surface area contributed by atoms with Crippen LogP contribution in [0.25, 0.3) is 0 Å². The molecule has 2 aromatic rings. The van der Waals surface area contributed by atoms with E-state index in [9.17, 15) is 9.36 Å². The van der Waals surface area contributed by atoms with E-state index in [1.165, 1.54) is 0 Å². The van der Waals surface area contributed by atoms with Gasteiger partial charge < -0.3 is 5.32 Å². The minimum atomic E-state index is -2.74. The van der Waals surface area contributed by atoms with Gasteiger partial charge in [0.05, 0.1) is 6.04 Å². The lowest BCUT2D eigenvalue weighted by Crippen LogP contribution is -2.31. The number of hydrogen-bond donors (Lipinski definition) is 2. The Morgan fingerprint density at radius 1 is 1.18 bits per heavy atom. The second-order valence-corrected chi connectivity index (χ2v) is 5.65. The Hall–Kier alpha value is -1.78. The van der Waals surface area contributed by atoms with Crippen molar-refractivity contribution in [1.29, 1.82) is 0 Å². The highest BCUT2D eigenvalue weighted by atomic mass is 35.5. The molecule has 0 aromatic heterocycles. The van der Waals surface area contributed by atoms with E-state index < -0.39 is 14.3 Å². The van der Waals surface area contributed by atoms with Crippen LogP contribution in [0, 0.1) is 0 Å². The minimum Gasteiger partial charge on any atom is -0.343 e. The average Bonchev–Trinajstić information content (AvgIpc) is 2.53. The molecule has 2 unspecified atom stereocenters. The first-order valence-corrected chi connectivity index (χ1v) is 7.97. The fraction of sp³-hybridized carbons (Fsp3) is 0.133. The van der Waals surface area contributed by atoms with E-state index in [-0.39, 0.29) is 12.5 Å². The topological polar surface area (TPSA) is 75.6 Å². The molecular formula is C15H14ClNO4P+. The van der Waals surface area contributed by atoms with Gasteiger partial charge in [-0.15, -0.1) is 9.42 Å². The Bertz CT molecular complexity index is 648. The minimum absolute atomic E-state index is 0.119. The predicted octanol–water partition coefficient (Wildman–Crippen LogP) is 3.48. The molecule has 2 rings (SSSR count). The molecule has 2 atom stereocenters. The molecule has 2 aromatic carbocycles. The van der Waals surface area contributed by atoms with Gasteiger partial charge in [-0.1, -0.05) is 41.9 Å². The summed E-state index contributed by atoms with van der Waals surface area (Å²) >= 11 is 5.84. The fourth-order valence-electron chi connectivity index (χ4n) is 1.89. The molecule has 114 valence electrons. The van der Waals surface area contributed by atoms with Gasteiger partial charge in [-0.05, 0) is 29.8 Å². The van der Waals surface area contributed by atoms with Crippen LogP contribution in [0.4, 0.5) is 0 Å². The smallest absolute Gasteiger partial charge is 0.343 e. The summed E-state index contributed by atoms with van der Waals surface area (Å²) in [4.78, 5) is 21.0. The van der Waals surface area contributed by atoms with Gasteiger partial charge in [0.2, 0.25) is 0 Å². The molecule has 0 radical (unpaired) electrons. The molecule has 5 nitrogen and oxygen atoms in total. The Labute approximate surface area is 133 Å². The van der Waals surface area contributed by atoms with Gasteiger partial charge in [-0.3, -0.25) is 4.79 Å². The van der Waals surface area contributed by atoms with Gasteiger partial charge in [-0.2, -0.15) is 0 Å². The molecular weight excluding hydrogens is 325 g/mol. The summed E-state index contributed by atoms with van der Waals surface area (Å²) in [7, 11) is -2.74. The van der Waals surface area contributed by atoms with Crippen LogP contribution >= 0.6 is 19.9 Å². The van der Waals surface area contributed by atoms with E-state index in [1.54, 1.807) is 48.5 Å². The third kappa shape index (κ3) is 4.90. The van der Waals surface area contributed by atoms with Crippen molar-refractivity contribution in [3.63, 3.8) is 0 Å². The van der Waals surface area contributed by atoms with Gasteiger partial charge >= 0.3 is 8.25 Å². The molecule has 0 saturated heterocycles. The van der Waals surface area contributed by atoms with Crippen molar-refractivity contribution in [1.82, 2.24) is 5.32 Å². The van der Waals surface area contributed by atoms with Crippen molar-refractivity contribution in [3.05, 3.63) is 70.7 Å². The quantitative estimate of drug-likeness (QED) is 0.791. The molecule has 22 heavy (non-hydrogen) atoms. The van der Waals surface area contributed by atoms with Crippen molar-refractivity contribution in [3.8, 4) is 0 Å². The van der Waals surface area contributed by atoms with Crippen LogP contribution in [0.3, 0.4) is 0 Å². The van der Waals surface area contributed by atoms with E-state index in [1.807, 2.05) is 6.07 Å². The number of carbonyl (C=O) groups is 1. The molecule has 0 heterocycles. The van der Waals surface area contributed by atoms with E-state index in [0.29, 0.717) is 10.6 Å². The first-order valence-electron chi connectivity index (χ1n) is 6.46. The standard InChI is InChI=1S/C15H13ClNO4P/c16-13-8-6-11(7-9-13)14(10-21-22(19)20)17-15(18)12-4-2-1-3-5-12/h1-9,14H,10H2,(H-,17,18,19,20)/p+1. The molecule has 7 heteroatoms. The molecule has 0 aliphatic carbocycles. The summed E-state index contributed by atoms with van der Waals surface area (Å²) in [6.07, 6.45) is 0. The summed E-state index contributed by atoms with van der Waals surface area (Å²) in [6, 6.07) is 14.9. The van der Waals surface area contributed by atoms with Crippen molar-refractivity contribution in [2.24, 2.45) is 0 Å². The molecule has 0 spiro atoms. The second-order valence-electron chi connectivity index (χ2n) is 4.48. The highest BCUT2D eigenvalue weighted by molar-refractivity contribution is 7.32. The van der Waals surface area contributed by atoms with Crippen LogP contribution in [-0.4, -0.2) is 17.4 Å². The summed E-state index contributed by atoms with van der Waals surface area (Å²) in [5.74, 6) is -0.294. The van der Waals surface area contributed by atoms with Gasteiger partial charge in [0.15, 0.2) is 0 Å². The predicted molar refractivity (Wildman–Crippen MR) is 83.9 cm³/mol. The third-order valence-corrected chi connectivity index (χ3v) is 3.59. The number of halogens is 1. The Balaban J connectivity index is 2.15. The fourth-order valence-corrected chi connectivity index (χ4v) is 2.29. The SMILES string of the molecule is O=C(NC(CO[P+](=O)O)c1ccc(Cl)cc1)c1ccccc1. The van der Waals surface area contributed by atoms with Crippen LogP contribution in [0.2, 0.25) is 5.02 Å². The molecule has 0 saturated carbocycles. The van der Waals surface area contributed by atoms with Crippen LogP contribution in [0.5, 0.6) is 0 Å². The Kier molecular flexibility index (Phi) is 6.04. The number of nitrogens with one attached hydrogen (secondary N) is 1. The Morgan fingerprint density at radius 3 is 2.41 bits per heavy atom. The number of carbonyl (C=O) groups excluding carboxylic acids is 1. The lowest BCUT2D eigenvalue weighted by atomic mass is 10.1. The largest absolute Gasteiger partial charge is 0.694 e. The zero-order valence-corrected chi connectivity index (χ0v) is 13.1. The van der Waals surface area contributed by atoms with Crippen LogP contribution < -0.4 is 5.32 Å². The lowest BCUT2D eigenvalue weighted by molar-refractivity contribution is 0.0919. The number of amides is 1. The van der Waals surface area contributed by atoms with Crippen LogP contribution in [0.1, 0.15) is 22.0 Å². The average molecular weight is 339 g/mol. The first-order chi connectivity index (χ1) is 10.6. The lowest BCUT2D eigenvalue weighted by Gasteiger charge is -2.16. The summed E-state index contributed by atoms with van der Waals surface area (Å²) in [5.41, 5.74) is 1.22. The molecule has 1 amide bonds. The molecule has 0 aliphatic heterocycles. The monoisotopic (exact) mass is 338 g/mol. The maximum atomic E-state index is 12.2. The molecule has 2 N–H and O–H groups in total. The van der Waals surface area contributed by atoms with E-state index in [2.05, 4.69) is 5.32 Å². The number of rotatable bonds is 6. The Morgan fingerprint density at radius 2 is 1.82 bits per heavy atom. The first kappa shape index (κ1) is 16.6. The number of hydrogen-bond acceptors (Lipinski definition) is 3. The van der Waals surface area contributed by atoms with Crippen molar-refractivity contribution in [2.75, 3.05) is 6.61 Å². The van der Waals surface area contributed by atoms with E-state index in [0.717, 1.165) is 5.56 Å². The van der Waals surface area contributed by atoms with E-state index >= 15 is 0 Å². The van der Waals surface area contributed by atoms with Crippen molar-refractivity contribution < 1.29 is 18.8 Å². The highest BCUT2D eigenvalue weighted by Gasteiger charge is 2.22. The molecule has 0 fully saturated rings. The molecule has 0 aliphatic rings. The second kappa shape index (κ2) is 8.01. The summed E-state index contributed by atoms with van der Waals surface area (Å²) < 4.78 is 15.5. The van der Waals surface area contributed by atoms with Gasteiger partial charge in [0, 0.05) is 15.2 Å². The zero-order valence-electron chi connectivity index (χ0n) is 11.5. The normalized spacial score (nSPS) is 12.5. The summed E-state index contributed by atoms with van der Waals surface area (Å²) in [5, 5.41) is 3.34. The maximum absolute atomic E-state index is 12.2. The van der Waals surface area contributed by atoms with Gasteiger partial charge in [-0.25, -0.2) is 0 Å². The summed E-state index contributed by atoms with van der Waals surface area (Å²) in [6.45, 7) is -0.119. The third-order valence-electron chi connectivity index (χ3n) is 2.97. The van der Waals surface area contributed by atoms with Crippen LogP contribution in [-0.2, 0) is 9.09 Å².